The zero-order chi connectivity index (χ0) is 11.4. The first-order chi connectivity index (χ1) is 7.77. The number of carbonyl (C=O) groups is 1. The van der Waals surface area contributed by atoms with Gasteiger partial charge in [0.15, 0.2) is 6.61 Å². The number of aromatic nitrogens is 3. The SMILES string of the molecule is Nc1nncn1C(=O)COc1ccccc1. The topological polar surface area (TPSA) is 83.0 Å². The molecule has 0 spiro atoms. The molecule has 6 nitrogen and oxygen atoms in total. The summed E-state index contributed by atoms with van der Waals surface area (Å²) < 4.78 is 6.41. The maximum Gasteiger partial charge on any atom is 0.272 e. The molecule has 0 amide bonds. The average Bonchev–Trinajstić information content (AvgIpc) is 2.74. The second-order valence-corrected chi connectivity index (χ2v) is 3.05. The lowest BCUT2D eigenvalue weighted by molar-refractivity contribution is 0.0840. The van der Waals surface area contributed by atoms with Crippen molar-refractivity contribution in [2.75, 3.05) is 12.3 Å². The Morgan fingerprint density at radius 2 is 2.12 bits per heavy atom. The van der Waals surface area contributed by atoms with Crippen LogP contribution in [0.4, 0.5) is 5.95 Å². The van der Waals surface area contributed by atoms with E-state index < -0.39 is 0 Å². The van der Waals surface area contributed by atoms with Gasteiger partial charge >= 0.3 is 0 Å². The fraction of sp³-hybridized carbons (Fsp3) is 0.100. The van der Waals surface area contributed by atoms with E-state index in [4.69, 9.17) is 10.5 Å². The first-order valence-electron chi connectivity index (χ1n) is 4.64. The molecule has 6 heteroatoms. The third-order valence-electron chi connectivity index (χ3n) is 1.95. The van der Waals surface area contributed by atoms with Crippen LogP contribution in [0.5, 0.6) is 5.75 Å². The molecule has 1 aromatic carbocycles. The molecular weight excluding hydrogens is 208 g/mol. The summed E-state index contributed by atoms with van der Waals surface area (Å²) in [4.78, 5) is 11.6. The smallest absolute Gasteiger partial charge is 0.272 e. The molecule has 0 aliphatic rings. The summed E-state index contributed by atoms with van der Waals surface area (Å²) in [5.41, 5.74) is 5.42. The van der Waals surface area contributed by atoms with Crippen molar-refractivity contribution in [1.82, 2.24) is 14.8 Å². The summed E-state index contributed by atoms with van der Waals surface area (Å²) >= 11 is 0. The quantitative estimate of drug-likeness (QED) is 0.814. The lowest BCUT2D eigenvalue weighted by Crippen LogP contribution is -2.20. The highest BCUT2D eigenvalue weighted by Gasteiger charge is 2.09. The molecule has 2 aromatic rings. The molecule has 0 unspecified atom stereocenters. The van der Waals surface area contributed by atoms with Gasteiger partial charge in [0.05, 0.1) is 0 Å². The van der Waals surface area contributed by atoms with E-state index in [1.165, 1.54) is 6.33 Å². The molecule has 16 heavy (non-hydrogen) atoms. The molecule has 82 valence electrons. The number of carbonyl (C=O) groups excluding carboxylic acids is 1. The summed E-state index contributed by atoms with van der Waals surface area (Å²) in [7, 11) is 0. The number of para-hydroxylation sites is 1. The van der Waals surface area contributed by atoms with E-state index in [9.17, 15) is 4.79 Å². The summed E-state index contributed by atoms with van der Waals surface area (Å²) in [5.74, 6) is 0.371. The molecule has 1 heterocycles. The van der Waals surface area contributed by atoms with Crippen LogP contribution in [0.3, 0.4) is 0 Å². The van der Waals surface area contributed by atoms with Crippen molar-refractivity contribution in [3.63, 3.8) is 0 Å². The Labute approximate surface area is 91.7 Å². The first-order valence-corrected chi connectivity index (χ1v) is 4.64. The molecule has 2 rings (SSSR count). The van der Waals surface area contributed by atoms with Crippen molar-refractivity contribution in [2.24, 2.45) is 0 Å². The zero-order valence-corrected chi connectivity index (χ0v) is 8.41. The van der Waals surface area contributed by atoms with Crippen molar-refractivity contribution < 1.29 is 9.53 Å². The van der Waals surface area contributed by atoms with E-state index >= 15 is 0 Å². The second kappa shape index (κ2) is 4.43. The van der Waals surface area contributed by atoms with Gasteiger partial charge in [-0.2, -0.15) is 0 Å². The molecule has 0 saturated carbocycles. The van der Waals surface area contributed by atoms with Crippen molar-refractivity contribution in [2.45, 2.75) is 0 Å². The predicted molar refractivity (Wildman–Crippen MR) is 57.0 cm³/mol. The highest BCUT2D eigenvalue weighted by molar-refractivity contribution is 5.82. The van der Waals surface area contributed by atoms with Crippen molar-refractivity contribution in [3.8, 4) is 5.75 Å². The average molecular weight is 218 g/mol. The van der Waals surface area contributed by atoms with Gasteiger partial charge in [-0.1, -0.05) is 18.2 Å². The minimum absolute atomic E-state index is 0.0571. The molecule has 0 fully saturated rings. The molecule has 0 atom stereocenters. The summed E-state index contributed by atoms with van der Waals surface area (Å²) in [6.07, 6.45) is 1.26. The molecule has 0 saturated heterocycles. The van der Waals surface area contributed by atoms with Crippen molar-refractivity contribution in [3.05, 3.63) is 36.7 Å². The number of anilines is 1. The number of nitrogens with zero attached hydrogens (tertiary/aromatic N) is 3. The van der Waals surface area contributed by atoms with Gasteiger partial charge in [0.25, 0.3) is 5.91 Å². The fourth-order valence-corrected chi connectivity index (χ4v) is 1.17. The van der Waals surface area contributed by atoms with E-state index in [-0.39, 0.29) is 18.5 Å². The first kappa shape index (κ1) is 10.2. The summed E-state index contributed by atoms with van der Waals surface area (Å²) in [5, 5.41) is 7.02. The maximum absolute atomic E-state index is 11.6. The lowest BCUT2D eigenvalue weighted by atomic mass is 10.3. The number of nitrogens with two attached hydrogens (primary N) is 1. The van der Waals surface area contributed by atoms with Crippen LogP contribution < -0.4 is 10.5 Å². The maximum atomic E-state index is 11.6. The van der Waals surface area contributed by atoms with Crippen LogP contribution in [-0.2, 0) is 0 Å². The number of hydrogen-bond acceptors (Lipinski definition) is 5. The lowest BCUT2D eigenvalue weighted by Gasteiger charge is -2.05. The van der Waals surface area contributed by atoms with E-state index in [1.807, 2.05) is 18.2 Å². The van der Waals surface area contributed by atoms with E-state index in [1.54, 1.807) is 12.1 Å². The number of rotatable bonds is 3. The highest BCUT2D eigenvalue weighted by atomic mass is 16.5. The van der Waals surface area contributed by atoms with E-state index in [0.29, 0.717) is 5.75 Å². The zero-order valence-electron chi connectivity index (χ0n) is 8.41. The Morgan fingerprint density at radius 1 is 1.38 bits per heavy atom. The highest BCUT2D eigenvalue weighted by Crippen LogP contribution is 2.08. The molecule has 0 bridgehead atoms. The van der Waals surface area contributed by atoms with Crippen LogP contribution in [0.25, 0.3) is 0 Å². The molecule has 1 aromatic heterocycles. The Bertz CT molecular complexity index is 481. The van der Waals surface area contributed by atoms with Crippen LogP contribution in [0.15, 0.2) is 36.7 Å². The monoisotopic (exact) mass is 218 g/mol. The van der Waals surface area contributed by atoms with Crippen LogP contribution in [0, 0.1) is 0 Å². The number of hydrogen-bond donors (Lipinski definition) is 1. The van der Waals surface area contributed by atoms with E-state index in [2.05, 4.69) is 10.2 Å². The molecule has 0 aliphatic heterocycles. The number of nitrogen functional groups attached to an aromatic ring is 1. The van der Waals surface area contributed by atoms with Gasteiger partial charge in [-0.15, -0.1) is 10.2 Å². The number of benzene rings is 1. The largest absolute Gasteiger partial charge is 0.484 e. The fourth-order valence-electron chi connectivity index (χ4n) is 1.17. The third kappa shape index (κ3) is 2.17. The standard InChI is InChI=1S/C10H10N4O2/c11-10-13-12-7-14(10)9(15)6-16-8-4-2-1-3-5-8/h1-5,7H,6H2,(H2,11,13). The molecule has 2 N–H and O–H groups in total. The van der Waals surface area contributed by atoms with Gasteiger partial charge in [0.1, 0.15) is 12.1 Å². The van der Waals surface area contributed by atoms with Gasteiger partial charge in [-0.3, -0.25) is 4.79 Å². The van der Waals surface area contributed by atoms with E-state index in [0.717, 1.165) is 4.57 Å². The van der Waals surface area contributed by atoms with Crippen LogP contribution in [0.2, 0.25) is 0 Å². The minimum Gasteiger partial charge on any atom is -0.484 e. The van der Waals surface area contributed by atoms with Crippen LogP contribution in [-0.4, -0.2) is 27.3 Å². The van der Waals surface area contributed by atoms with Gasteiger partial charge < -0.3 is 10.5 Å². The normalized spacial score (nSPS) is 10.0. The Morgan fingerprint density at radius 3 is 2.75 bits per heavy atom. The number of ether oxygens (including phenoxy) is 1. The Hall–Kier alpha value is -2.37. The van der Waals surface area contributed by atoms with Gasteiger partial charge in [0.2, 0.25) is 5.95 Å². The second-order valence-electron chi connectivity index (χ2n) is 3.05. The Kier molecular flexibility index (Phi) is 2.81. The molecule has 0 aliphatic carbocycles. The third-order valence-corrected chi connectivity index (χ3v) is 1.95. The molecular formula is C10H10N4O2. The minimum atomic E-state index is -0.314. The van der Waals surface area contributed by atoms with Gasteiger partial charge in [0, 0.05) is 0 Å². The summed E-state index contributed by atoms with van der Waals surface area (Å²) in [6.45, 7) is -0.105. The van der Waals surface area contributed by atoms with Gasteiger partial charge in [-0.05, 0) is 12.1 Å². The van der Waals surface area contributed by atoms with Crippen molar-refractivity contribution >= 4 is 11.9 Å². The van der Waals surface area contributed by atoms with Crippen LogP contribution in [0.1, 0.15) is 4.79 Å². The predicted octanol–water partition coefficient (Wildman–Crippen LogP) is 0.579. The Balaban J connectivity index is 1.97. The van der Waals surface area contributed by atoms with Gasteiger partial charge in [-0.25, -0.2) is 4.57 Å². The summed E-state index contributed by atoms with van der Waals surface area (Å²) in [6, 6.07) is 9.05. The van der Waals surface area contributed by atoms with Crippen molar-refractivity contribution in [1.29, 1.82) is 0 Å². The molecule has 0 radical (unpaired) electrons. The van der Waals surface area contributed by atoms with Crippen LogP contribution >= 0.6 is 0 Å².